The Bertz CT molecular complexity index is 1320. The summed E-state index contributed by atoms with van der Waals surface area (Å²) in [4.78, 5) is 4.71. The van der Waals surface area contributed by atoms with Gasteiger partial charge >= 0.3 is 0 Å². The number of hydrogen-bond acceptors (Lipinski definition) is 1. The molecule has 0 radical (unpaired) electrons. The highest BCUT2D eigenvalue weighted by atomic mass is 31.0. The van der Waals surface area contributed by atoms with Crippen LogP contribution in [0.4, 0.5) is 0 Å². The van der Waals surface area contributed by atoms with E-state index in [1.54, 1.807) is 0 Å². The smallest absolute Gasteiger partial charge is 0.0702 e. The van der Waals surface area contributed by atoms with Crippen molar-refractivity contribution in [2.45, 2.75) is 6.92 Å². The highest BCUT2D eigenvalue weighted by Gasteiger charge is 2.05. The van der Waals surface area contributed by atoms with E-state index in [1.807, 2.05) is 6.20 Å². The monoisotopic (exact) mass is 403 g/mol. The molecule has 1 unspecified atom stereocenters. The molecule has 4 aromatic carbocycles. The van der Waals surface area contributed by atoms with E-state index in [1.165, 1.54) is 38.3 Å². The third-order valence-corrected chi connectivity index (χ3v) is 5.91. The Hall–Kier alpha value is -3.28. The van der Waals surface area contributed by atoms with E-state index >= 15 is 0 Å². The minimum atomic E-state index is 0.999. The maximum absolute atomic E-state index is 4.71. The van der Waals surface area contributed by atoms with Gasteiger partial charge in [0.2, 0.25) is 0 Å². The molecule has 0 saturated carbocycles. The topological polar surface area (TPSA) is 12.9 Å². The second kappa shape index (κ2) is 7.86. The zero-order valence-electron chi connectivity index (χ0n) is 16.8. The lowest BCUT2D eigenvalue weighted by atomic mass is 9.98. The zero-order chi connectivity index (χ0) is 20.5. The van der Waals surface area contributed by atoms with E-state index in [-0.39, 0.29) is 0 Å². The number of fused-ring (bicyclic) bond motifs is 1. The fraction of sp³-hybridized carbons (Fsp3) is 0.0357. The number of benzene rings is 4. The number of hydrogen-bond donors (Lipinski definition) is 0. The average molecular weight is 403 g/mol. The maximum Gasteiger partial charge on any atom is 0.0702 e. The SMILES string of the molecule is Cc1ccc(-c2ccc(-c3ccc4ccc(-c5ccc(P)cc5)cc4c3)cn2)cc1. The van der Waals surface area contributed by atoms with Crippen molar-refractivity contribution in [1.29, 1.82) is 0 Å². The minimum absolute atomic E-state index is 0.999. The van der Waals surface area contributed by atoms with Crippen LogP contribution in [-0.2, 0) is 0 Å². The van der Waals surface area contributed by atoms with Gasteiger partial charge in [-0.3, -0.25) is 4.98 Å². The van der Waals surface area contributed by atoms with Crippen molar-refractivity contribution >= 4 is 25.3 Å². The van der Waals surface area contributed by atoms with E-state index in [0.29, 0.717) is 0 Å². The number of rotatable bonds is 3. The number of nitrogens with zero attached hydrogens (tertiary/aromatic N) is 1. The summed E-state index contributed by atoms with van der Waals surface area (Å²) in [6.07, 6.45) is 1.97. The molecule has 5 aromatic rings. The maximum atomic E-state index is 4.71. The van der Waals surface area contributed by atoms with Gasteiger partial charge in [0.25, 0.3) is 0 Å². The molecule has 2 heteroatoms. The van der Waals surface area contributed by atoms with Crippen LogP contribution in [0.2, 0.25) is 0 Å². The Kier molecular flexibility index (Phi) is 4.91. The molecule has 0 bridgehead atoms. The molecule has 1 nitrogen and oxygen atoms in total. The first-order chi connectivity index (χ1) is 14.7. The van der Waals surface area contributed by atoms with Gasteiger partial charge in [-0.05, 0) is 57.9 Å². The van der Waals surface area contributed by atoms with E-state index in [2.05, 4.69) is 113 Å². The molecule has 0 amide bonds. The van der Waals surface area contributed by atoms with Gasteiger partial charge in [-0.2, -0.15) is 0 Å². The number of aromatic nitrogens is 1. The summed E-state index contributed by atoms with van der Waals surface area (Å²) < 4.78 is 0. The van der Waals surface area contributed by atoms with Gasteiger partial charge in [0.1, 0.15) is 0 Å². The molecule has 30 heavy (non-hydrogen) atoms. The van der Waals surface area contributed by atoms with Gasteiger partial charge in [-0.1, -0.05) is 84.4 Å². The summed E-state index contributed by atoms with van der Waals surface area (Å²) >= 11 is 0. The molecule has 0 spiro atoms. The molecule has 144 valence electrons. The minimum Gasteiger partial charge on any atom is -0.256 e. The zero-order valence-corrected chi connectivity index (χ0v) is 18.0. The van der Waals surface area contributed by atoms with E-state index in [4.69, 9.17) is 4.98 Å². The molecule has 1 aromatic heterocycles. The van der Waals surface area contributed by atoms with Crippen molar-refractivity contribution in [1.82, 2.24) is 4.98 Å². The number of pyridine rings is 1. The molecule has 0 saturated heterocycles. The molecule has 0 aliphatic heterocycles. The molecule has 1 heterocycles. The molecular weight excluding hydrogens is 381 g/mol. The van der Waals surface area contributed by atoms with Gasteiger partial charge in [-0.15, -0.1) is 9.24 Å². The van der Waals surface area contributed by atoms with Crippen molar-refractivity contribution in [3.05, 3.63) is 109 Å². The average Bonchev–Trinajstić information content (AvgIpc) is 2.79. The van der Waals surface area contributed by atoms with Crippen LogP contribution in [0.25, 0.3) is 44.3 Å². The Labute approximate surface area is 179 Å². The number of aryl methyl sites for hydroxylation is 1. The predicted octanol–water partition coefficient (Wildman–Crippen LogP) is 7.04. The van der Waals surface area contributed by atoms with Crippen LogP contribution in [-0.4, -0.2) is 4.98 Å². The summed E-state index contributed by atoms with van der Waals surface area (Å²) in [6.45, 7) is 2.10. The van der Waals surface area contributed by atoms with Gasteiger partial charge < -0.3 is 0 Å². The first-order valence-electron chi connectivity index (χ1n) is 10.1. The fourth-order valence-corrected chi connectivity index (χ4v) is 3.93. The third kappa shape index (κ3) is 3.77. The van der Waals surface area contributed by atoms with Crippen LogP contribution in [0.5, 0.6) is 0 Å². The van der Waals surface area contributed by atoms with Crippen molar-refractivity contribution < 1.29 is 0 Å². The molecule has 1 atom stereocenters. The lowest BCUT2D eigenvalue weighted by Crippen LogP contribution is -1.88. The van der Waals surface area contributed by atoms with Crippen LogP contribution in [0.15, 0.2) is 103 Å². The second-order valence-electron chi connectivity index (χ2n) is 7.70. The molecule has 0 aliphatic rings. The largest absolute Gasteiger partial charge is 0.256 e. The lowest BCUT2D eigenvalue weighted by molar-refractivity contribution is 1.32. The van der Waals surface area contributed by atoms with Crippen LogP contribution in [0, 0.1) is 6.92 Å². The lowest BCUT2D eigenvalue weighted by Gasteiger charge is -2.08. The van der Waals surface area contributed by atoms with Gasteiger partial charge in [0, 0.05) is 17.3 Å². The molecular formula is C28H22NP. The van der Waals surface area contributed by atoms with Crippen molar-refractivity contribution in [3.8, 4) is 33.5 Å². The molecule has 0 N–H and O–H groups in total. The second-order valence-corrected chi connectivity index (χ2v) is 8.36. The van der Waals surface area contributed by atoms with Crippen LogP contribution in [0.1, 0.15) is 5.56 Å². The van der Waals surface area contributed by atoms with Crippen LogP contribution in [0.3, 0.4) is 0 Å². The summed E-state index contributed by atoms with van der Waals surface area (Å²) in [7, 11) is 2.74. The van der Waals surface area contributed by atoms with E-state index < -0.39 is 0 Å². The first kappa shape index (κ1) is 18.7. The molecule has 0 fully saturated rings. The van der Waals surface area contributed by atoms with E-state index in [9.17, 15) is 0 Å². The van der Waals surface area contributed by atoms with Gasteiger partial charge in [0.15, 0.2) is 0 Å². The van der Waals surface area contributed by atoms with Crippen LogP contribution >= 0.6 is 9.24 Å². The first-order valence-corrected chi connectivity index (χ1v) is 10.7. The third-order valence-electron chi connectivity index (χ3n) is 5.53. The van der Waals surface area contributed by atoms with Gasteiger partial charge in [-0.25, -0.2) is 0 Å². The summed E-state index contributed by atoms with van der Waals surface area (Å²) in [5.41, 5.74) is 8.19. The summed E-state index contributed by atoms with van der Waals surface area (Å²) in [6, 6.07) is 34.6. The van der Waals surface area contributed by atoms with Crippen molar-refractivity contribution in [3.63, 3.8) is 0 Å². The summed E-state index contributed by atoms with van der Waals surface area (Å²) in [5.74, 6) is 0. The van der Waals surface area contributed by atoms with Crippen molar-refractivity contribution in [2.75, 3.05) is 0 Å². The molecule has 5 rings (SSSR count). The Morgan fingerprint density at radius 1 is 0.533 bits per heavy atom. The molecule has 0 aliphatic carbocycles. The Morgan fingerprint density at radius 2 is 1.10 bits per heavy atom. The highest BCUT2D eigenvalue weighted by molar-refractivity contribution is 7.27. The summed E-state index contributed by atoms with van der Waals surface area (Å²) in [5, 5.41) is 3.68. The Morgan fingerprint density at radius 3 is 1.73 bits per heavy atom. The van der Waals surface area contributed by atoms with Crippen LogP contribution < -0.4 is 5.30 Å². The van der Waals surface area contributed by atoms with Crippen molar-refractivity contribution in [2.24, 2.45) is 0 Å². The van der Waals surface area contributed by atoms with Gasteiger partial charge in [0.05, 0.1) is 5.69 Å². The normalized spacial score (nSPS) is 11.0. The fourth-order valence-electron chi connectivity index (χ4n) is 3.74. The predicted molar refractivity (Wildman–Crippen MR) is 132 cm³/mol. The quantitative estimate of drug-likeness (QED) is 0.294. The Balaban J connectivity index is 1.49. The standard InChI is InChI=1S/C28H22NP/c1-19-2-4-22(5-3-19)28-15-12-25(18-29-28)24-9-7-21-6-8-23(16-26(21)17-24)20-10-13-27(30)14-11-20/h2-18H,30H2,1H3. The highest BCUT2D eigenvalue weighted by Crippen LogP contribution is 2.29. The van der Waals surface area contributed by atoms with E-state index in [0.717, 1.165) is 16.8 Å².